The molecule has 0 fully saturated rings. The summed E-state index contributed by atoms with van der Waals surface area (Å²) in [6.07, 6.45) is 0.908. The van der Waals surface area contributed by atoms with Crippen LogP contribution in [-0.2, 0) is 6.42 Å². The largest absolute Gasteiger partial charge is 0.497 e. The molecule has 3 rings (SSSR count). The van der Waals surface area contributed by atoms with E-state index in [1.807, 2.05) is 23.7 Å². The number of fused-ring (bicyclic) bond motifs is 1. The highest BCUT2D eigenvalue weighted by atomic mass is 32.1. The molecule has 3 aromatic rings. The average Bonchev–Trinajstić information content (AvgIpc) is 2.99. The van der Waals surface area contributed by atoms with Crippen LogP contribution in [0.3, 0.4) is 0 Å². The van der Waals surface area contributed by atoms with Crippen LogP contribution in [0.5, 0.6) is 5.75 Å². The Hall–Kier alpha value is -2.27. The van der Waals surface area contributed by atoms with E-state index in [0.29, 0.717) is 0 Å². The minimum absolute atomic E-state index is 0.722. The van der Waals surface area contributed by atoms with E-state index in [-0.39, 0.29) is 0 Å². The molecule has 1 heterocycles. The fraction of sp³-hybridized carbons (Fsp3) is 0.188. The molecule has 1 aromatic heterocycles. The number of benzene rings is 2. The number of nitrogens with zero attached hydrogens (tertiary/aromatic N) is 1. The van der Waals surface area contributed by atoms with Crippen molar-refractivity contribution >= 4 is 32.9 Å². The van der Waals surface area contributed by atoms with E-state index in [4.69, 9.17) is 10.5 Å². The van der Waals surface area contributed by atoms with Gasteiger partial charge in [0, 0.05) is 6.54 Å². The Bertz CT molecular complexity index is 754. The van der Waals surface area contributed by atoms with Crippen molar-refractivity contribution in [3.63, 3.8) is 0 Å². The van der Waals surface area contributed by atoms with Gasteiger partial charge in [0.2, 0.25) is 0 Å². The minimum Gasteiger partial charge on any atom is -0.497 e. The molecule has 0 aliphatic carbocycles. The number of nitrogens with one attached hydrogen (secondary N) is 1. The zero-order chi connectivity index (χ0) is 14.7. The summed E-state index contributed by atoms with van der Waals surface area (Å²) in [4.78, 5) is 4.30. The van der Waals surface area contributed by atoms with Gasteiger partial charge >= 0.3 is 0 Å². The van der Waals surface area contributed by atoms with Crippen LogP contribution in [-0.4, -0.2) is 18.6 Å². The first-order valence-electron chi connectivity index (χ1n) is 6.76. The summed E-state index contributed by atoms with van der Waals surface area (Å²) < 4.78 is 6.35. The molecule has 0 aliphatic rings. The van der Waals surface area contributed by atoms with Gasteiger partial charge in [-0.3, -0.25) is 0 Å². The molecule has 0 bridgehead atoms. The number of ether oxygens (including phenoxy) is 1. The van der Waals surface area contributed by atoms with Crippen molar-refractivity contribution in [2.75, 3.05) is 24.7 Å². The number of nitrogens with two attached hydrogens (primary N) is 1. The van der Waals surface area contributed by atoms with Crippen LogP contribution in [0.25, 0.3) is 10.2 Å². The highest BCUT2D eigenvalue weighted by molar-refractivity contribution is 7.16. The predicted molar refractivity (Wildman–Crippen MR) is 89.2 cm³/mol. The van der Waals surface area contributed by atoms with E-state index < -0.39 is 0 Å². The number of anilines is 2. The maximum atomic E-state index is 6.15. The molecule has 5 heteroatoms. The van der Waals surface area contributed by atoms with Crippen molar-refractivity contribution in [3.05, 3.63) is 47.5 Å². The first-order valence-corrected chi connectivity index (χ1v) is 7.64. The standard InChI is InChI=1S/C16H17N3OS/c1-20-12-4-2-3-11(9-12)7-8-18-13-5-6-14-16(15(13)17)19-10-21-14/h2-6,9-10,18H,7-8,17H2,1H3. The molecule has 0 atom stereocenters. The second-order valence-electron chi connectivity index (χ2n) is 4.75. The first-order chi connectivity index (χ1) is 10.3. The number of aromatic nitrogens is 1. The number of hydrogen-bond donors (Lipinski definition) is 2. The van der Waals surface area contributed by atoms with Crippen LogP contribution in [0.4, 0.5) is 11.4 Å². The van der Waals surface area contributed by atoms with E-state index in [0.717, 1.165) is 40.3 Å². The third-order valence-corrected chi connectivity index (χ3v) is 4.20. The van der Waals surface area contributed by atoms with Gasteiger partial charge in [0.25, 0.3) is 0 Å². The van der Waals surface area contributed by atoms with Gasteiger partial charge in [-0.05, 0) is 36.2 Å². The van der Waals surface area contributed by atoms with Crippen molar-refractivity contribution in [3.8, 4) is 5.75 Å². The number of thiazole rings is 1. The van der Waals surface area contributed by atoms with Gasteiger partial charge in [-0.2, -0.15) is 0 Å². The van der Waals surface area contributed by atoms with Crippen molar-refractivity contribution in [2.45, 2.75) is 6.42 Å². The van der Waals surface area contributed by atoms with Crippen molar-refractivity contribution in [2.24, 2.45) is 0 Å². The molecular formula is C16H17N3OS. The van der Waals surface area contributed by atoms with Gasteiger partial charge in [-0.25, -0.2) is 4.98 Å². The van der Waals surface area contributed by atoms with Crippen LogP contribution < -0.4 is 15.8 Å². The summed E-state index contributed by atoms with van der Waals surface area (Å²) in [7, 11) is 1.68. The van der Waals surface area contributed by atoms with Crippen LogP contribution in [0, 0.1) is 0 Å². The fourth-order valence-electron chi connectivity index (χ4n) is 2.28. The third kappa shape index (κ3) is 2.92. The smallest absolute Gasteiger partial charge is 0.119 e. The SMILES string of the molecule is COc1cccc(CCNc2ccc3scnc3c2N)c1. The topological polar surface area (TPSA) is 60.2 Å². The van der Waals surface area contributed by atoms with Gasteiger partial charge in [-0.15, -0.1) is 11.3 Å². The van der Waals surface area contributed by atoms with E-state index in [1.165, 1.54) is 5.56 Å². The third-order valence-electron chi connectivity index (χ3n) is 3.40. The van der Waals surface area contributed by atoms with Gasteiger partial charge < -0.3 is 15.8 Å². The Morgan fingerprint density at radius 1 is 1.29 bits per heavy atom. The molecule has 4 nitrogen and oxygen atoms in total. The van der Waals surface area contributed by atoms with Crippen molar-refractivity contribution in [1.29, 1.82) is 0 Å². The molecule has 3 N–H and O–H groups in total. The average molecular weight is 299 g/mol. The van der Waals surface area contributed by atoms with Gasteiger partial charge in [0.05, 0.1) is 28.7 Å². The Morgan fingerprint density at radius 3 is 3.05 bits per heavy atom. The minimum atomic E-state index is 0.722. The van der Waals surface area contributed by atoms with Crippen LogP contribution in [0.1, 0.15) is 5.56 Å². The monoisotopic (exact) mass is 299 g/mol. The highest BCUT2D eigenvalue weighted by Gasteiger charge is 2.06. The van der Waals surface area contributed by atoms with E-state index in [2.05, 4.69) is 28.5 Å². The lowest BCUT2D eigenvalue weighted by Crippen LogP contribution is -2.07. The van der Waals surface area contributed by atoms with Crippen molar-refractivity contribution in [1.82, 2.24) is 4.98 Å². The van der Waals surface area contributed by atoms with E-state index in [9.17, 15) is 0 Å². The maximum Gasteiger partial charge on any atom is 0.119 e. The molecule has 0 saturated carbocycles. The first kappa shape index (κ1) is 13.7. The van der Waals surface area contributed by atoms with Crippen LogP contribution >= 0.6 is 11.3 Å². The Morgan fingerprint density at radius 2 is 2.19 bits per heavy atom. The Labute approximate surface area is 127 Å². The molecule has 0 aliphatic heterocycles. The highest BCUT2D eigenvalue weighted by Crippen LogP contribution is 2.29. The molecule has 2 aromatic carbocycles. The summed E-state index contributed by atoms with van der Waals surface area (Å²) in [6, 6.07) is 12.2. The second-order valence-corrected chi connectivity index (χ2v) is 5.64. The summed E-state index contributed by atoms with van der Waals surface area (Å²) in [6.45, 7) is 0.813. The zero-order valence-corrected chi connectivity index (χ0v) is 12.6. The van der Waals surface area contributed by atoms with Crippen LogP contribution in [0.2, 0.25) is 0 Å². The molecule has 0 radical (unpaired) electrons. The lowest BCUT2D eigenvalue weighted by Gasteiger charge is -2.10. The van der Waals surface area contributed by atoms with Gasteiger partial charge in [0.1, 0.15) is 11.3 Å². The molecule has 21 heavy (non-hydrogen) atoms. The van der Waals surface area contributed by atoms with Gasteiger partial charge in [-0.1, -0.05) is 12.1 Å². The quantitative estimate of drug-likeness (QED) is 0.707. The molecule has 0 saturated heterocycles. The normalized spacial score (nSPS) is 10.7. The number of methoxy groups -OCH3 is 1. The number of rotatable bonds is 5. The van der Waals surface area contributed by atoms with E-state index >= 15 is 0 Å². The maximum absolute atomic E-state index is 6.15. The summed E-state index contributed by atoms with van der Waals surface area (Å²) in [5.74, 6) is 0.885. The molecule has 0 spiro atoms. The Kier molecular flexibility index (Phi) is 3.92. The molecular weight excluding hydrogens is 282 g/mol. The Balaban J connectivity index is 1.67. The second kappa shape index (κ2) is 6.01. The molecule has 108 valence electrons. The molecule has 0 amide bonds. The molecule has 0 unspecified atom stereocenters. The van der Waals surface area contributed by atoms with Gasteiger partial charge in [0.15, 0.2) is 0 Å². The summed E-state index contributed by atoms with van der Waals surface area (Å²) >= 11 is 1.60. The zero-order valence-electron chi connectivity index (χ0n) is 11.8. The lowest BCUT2D eigenvalue weighted by atomic mass is 10.1. The lowest BCUT2D eigenvalue weighted by molar-refractivity contribution is 0.414. The predicted octanol–water partition coefficient (Wildman–Crippen LogP) is 3.54. The summed E-state index contributed by atoms with van der Waals surface area (Å²) in [5, 5.41) is 3.38. The van der Waals surface area contributed by atoms with Crippen molar-refractivity contribution < 1.29 is 4.74 Å². The van der Waals surface area contributed by atoms with Crippen LogP contribution in [0.15, 0.2) is 41.9 Å². The number of nitrogen functional groups attached to an aromatic ring is 1. The fourth-order valence-corrected chi connectivity index (χ4v) is 2.97. The number of hydrogen-bond acceptors (Lipinski definition) is 5. The summed E-state index contributed by atoms with van der Waals surface area (Å²) in [5.41, 5.74) is 11.7. The van der Waals surface area contributed by atoms with E-state index in [1.54, 1.807) is 18.4 Å².